The summed E-state index contributed by atoms with van der Waals surface area (Å²) >= 11 is 0. The maximum absolute atomic E-state index is 13.6. The molecular weight excluding hydrogens is 636 g/mol. The van der Waals surface area contributed by atoms with Crippen LogP contribution in [-0.2, 0) is 20.7 Å². The van der Waals surface area contributed by atoms with Gasteiger partial charge in [0.2, 0.25) is 5.78 Å². The first-order valence-electron chi connectivity index (χ1n) is 15.6. The zero-order valence-corrected chi connectivity index (χ0v) is 26.9. The minimum Gasteiger partial charge on any atom is -0.507 e. The van der Waals surface area contributed by atoms with Gasteiger partial charge in [0.25, 0.3) is 0 Å². The largest absolute Gasteiger partial charge is 0.507 e. The molecule has 1 aliphatic heterocycles. The average molecular weight is 673 g/mol. The molecule has 0 saturated carbocycles. The monoisotopic (exact) mass is 672 g/mol. The van der Waals surface area contributed by atoms with Gasteiger partial charge < -0.3 is 45.5 Å². The van der Waals surface area contributed by atoms with Gasteiger partial charge in [-0.3, -0.25) is 19.4 Å². The number of aromatic nitrogens is 1. The normalized spacial score (nSPS) is 25.8. The summed E-state index contributed by atoms with van der Waals surface area (Å²) in [5, 5.41) is 54.4. The molecule has 0 unspecified atom stereocenters. The highest BCUT2D eigenvalue weighted by molar-refractivity contribution is 6.31. The summed E-state index contributed by atoms with van der Waals surface area (Å²) in [6.07, 6.45) is -2.86. The number of phenols is 3. The molecule has 13 heteroatoms. The third-order valence-corrected chi connectivity index (χ3v) is 9.41. The number of ether oxygens (including phenoxy) is 3. The molecule has 4 aromatic rings. The fourth-order valence-corrected chi connectivity index (χ4v) is 6.75. The molecule has 13 nitrogen and oxygen atoms in total. The first-order chi connectivity index (χ1) is 23.3. The predicted molar refractivity (Wildman–Crippen MR) is 174 cm³/mol. The lowest BCUT2D eigenvalue weighted by Gasteiger charge is -2.42. The van der Waals surface area contributed by atoms with E-state index in [9.17, 15) is 39.9 Å². The summed E-state index contributed by atoms with van der Waals surface area (Å²) in [7, 11) is 1.34. The maximum Gasteiger partial charge on any atom is 0.202 e. The Bertz CT molecular complexity index is 1980. The van der Waals surface area contributed by atoms with Gasteiger partial charge in [-0.25, -0.2) is 0 Å². The van der Waals surface area contributed by atoms with Crippen molar-refractivity contribution in [2.75, 3.05) is 7.11 Å². The summed E-state index contributed by atoms with van der Waals surface area (Å²) in [6, 6.07) is 12.9. The maximum atomic E-state index is 13.6. The number of fused-ring (bicyclic) bond motifs is 4. The van der Waals surface area contributed by atoms with Crippen molar-refractivity contribution < 1.29 is 54.1 Å². The van der Waals surface area contributed by atoms with Crippen LogP contribution in [0.25, 0.3) is 10.9 Å². The van der Waals surface area contributed by atoms with Gasteiger partial charge in [0.1, 0.15) is 34.1 Å². The highest BCUT2D eigenvalue weighted by Gasteiger charge is 2.49. The van der Waals surface area contributed by atoms with Crippen molar-refractivity contribution in [2.45, 2.75) is 69.4 Å². The number of aliphatic hydroxyl groups is 2. The van der Waals surface area contributed by atoms with E-state index in [0.717, 1.165) is 5.39 Å². The third kappa shape index (κ3) is 5.79. The van der Waals surface area contributed by atoms with Crippen LogP contribution in [0.1, 0.15) is 75.8 Å². The summed E-state index contributed by atoms with van der Waals surface area (Å²) in [5.74, 6) is -2.94. The van der Waals surface area contributed by atoms with Gasteiger partial charge in [0, 0.05) is 53.6 Å². The van der Waals surface area contributed by atoms with Crippen LogP contribution >= 0.6 is 0 Å². The number of hydrogen-bond acceptors (Lipinski definition) is 13. The number of phenolic OH excluding ortho intramolecular Hbond substituents is 3. The standard InChI is InChI=1S/C27H29NO10.C9H7NO/c1-10-22(30)14(28)7-17(37-10)38-16-9-27(35,11(2)29)8-13-19(16)26(34)21-20(24(13)32)23(31)12-5-4-6-15(36-3)18(12)25(21)33;11-8-5-1-3-7-4-2-6-10-9(7)8/h4-6,10,14,16-17,22,30,32,34-35H,7-9,28H2,1-3H3;1-6,11H/t10-,14-,16-,17-,22+,27-;/m0./s1. The summed E-state index contributed by atoms with van der Waals surface area (Å²) in [5.41, 5.74) is 3.63. The molecule has 3 aliphatic rings. The molecule has 0 radical (unpaired) electrons. The van der Waals surface area contributed by atoms with Crippen molar-refractivity contribution in [1.82, 2.24) is 4.98 Å². The van der Waals surface area contributed by atoms with Crippen molar-refractivity contribution in [3.8, 4) is 23.0 Å². The zero-order valence-electron chi connectivity index (χ0n) is 26.9. The molecule has 7 N–H and O–H groups in total. The van der Waals surface area contributed by atoms with E-state index in [-0.39, 0.29) is 46.6 Å². The molecule has 0 amide bonds. The van der Waals surface area contributed by atoms with Gasteiger partial charge >= 0.3 is 0 Å². The van der Waals surface area contributed by atoms with Crippen molar-refractivity contribution in [1.29, 1.82) is 0 Å². The molecule has 2 heterocycles. The topological polar surface area (TPSA) is 219 Å². The number of para-hydroxylation sites is 1. The van der Waals surface area contributed by atoms with Crippen LogP contribution in [0.2, 0.25) is 0 Å². The van der Waals surface area contributed by atoms with Gasteiger partial charge in [-0.05, 0) is 32.0 Å². The van der Waals surface area contributed by atoms with E-state index in [4.69, 9.17) is 19.9 Å². The summed E-state index contributed by atoms with van der Waals surface area (Å²) < 4.78 is 17.1. The van der Waals surface area contributed by atoms with Gasteiger partial charge in [-0.15, -0.1) is 0 Å². The van der Waals surface area contributed by atoms with Crippen LogP contribution < -0.4 is 10.5 Å². The van der Waals surface area contributed by atoms with E-state index < -0.39 is 82.6 Å². The lowest BCUT2D eigenvalue weighted by Crippen LogP contribution is -2.52. The second-order valence-electron chi connectivity index (χ2n) is 12.5. The third-order valence-electron chi connectivity index (χ3n) is 9.41. The van der Waals surface area contributed by atoms with Crippen molar-refractivity contribution in [2.24, 2.45) is 5.73 Å². The number of pyridine rings is 1. The fraction of sp³-hybridized carbons (Fsp3) is 0.333. The van der Waals surface area contributed by atoms with Crippen molar-refractivity contribution >= 4 is 28.3 Å². The van der Waals surface area contributed by atoms with Crippen LogP contribution in [0.5, 0.6) is 23.0 Å². The molecule has 49 heavy (non-hydrogen) atoms. The zero-order chi connectivity index (χ0) is 35.4. The van der Waals surface area contributed by atoms with Crippen molar-refractivity contribution in [3.63, 3.8) is 0 Å². The second kappa shape index (κ2) is 12.8. The highest BCUT2D eigenvalue weighted by Crippen LogP contribution is 2.52. The quantitative estimate of drug-likeness (QED) is 0.152. The number of rotatable bonds is 4. The lowest BCUT2D eigenvalue weighted by molar-refractivity contribution is -0.247. The first-order valence-corrected chi connectivity index (χ1v) is 15.6. The van der Waals surface area contributed by atoms with E-state index in [1.165, 1.54) is 32.2 Å². The molecule has 6 atom stereocenters. The molecule has 1 saturated heterocycles. The SMILES string of the molecule is COc1cccc2c1C(=O)c1c(O)c3c(c(O)c1C2=O)C[C@@](O)(C(C)=O)C[C@@H]3O[C@H]1C[C@H](N)[C@H](O)[C@H](C)O1.Oc1cccc2cccnc12. The minimum atomic E-state index is -2.00. The lowest BCUT2D eigenvalue weighted by atomic mass is 9.72. The van der Waals surface area contributed by atoms with Gasteiger partial charge in [-0.1, -0.05) is 30.3 Å². The number of benzene rings is 3. The number of aliphatic hydroxyl groups excluding tert-OH is 1. The van der Waals surface area contributed by atoms with Crippen molar-refractivity contribution in [3.05, 3.63) is 88.1 Å². The number of Topliss-reactive ketones (excluding diaryl/α,β-unsaturated/α-hetero) is 1. The number of nitrogens with zero attached hydrogens (tertiary/aromatic N) is 1. The van der Waals surface area contributed by atoms with E-state index in [1.54, 1.807) is 25.3 Å². The molecule has 7 rings (SSSR count). The van der Waals surface area contributed by atoms with E-state index in [1.807, 2.05) is 18.2 Å². The Labute approximate surface area is 280 Å². The van der Waals surface area contributed by atoms with Crippen LogP contribution in [0.3, 0.4) is 0 Å². The molecule has 1 aromatic heterocycles. The van der Waals surface area contributed by atoms with Gasteiger partial charge in [-0.2, -0.15) is 0 Å². The van der Waals surface area contributed by atoms with Crippen LogP contribution in [-0.4, -0.2) is 85.1 Å². The molecular formula is C36H36N2O11. The molecule has 0 spiro atoms. The van der Waals surface area contributed by atoms with E-state index in [0.29, 0.717) is 5.52 Å². The highest BCUT2D eigenvalue weighted by atomic mass is 16.7. The Kier molecular flexibility index (Phi) is 8.90. The number of hydrogen-bond donors (Lipinski definition) is 6. The smallest absolute Gasteiger partial charge is 0.202 e. The Balaban J connectivity index is 0.000000319. The number of methoxy groups -OCH3 is 1. The number of ketones is 3. The van der Waals surface area contributed by atoms with Gasteiger partial charge in [0.15, 0.2) is 17.9 Å². The molecule has 1 fully saturated rings. The molecule has 3 aromatic carbocycles. The number of aromatic hydroxyl groups is 3. The number of carbonyl (C=O) groups is 3. The Hall–Kier alpha value is -4.92. The van der Waals surface area contributed by atoms with Gasteiger partial charge in [0.05, 0.1) is 42.1 Å². The summed E-state index contributed by atoms with van der Waals surface area (Å²) in [4.78, 5) is 43.6. The minimum absolute atomic E-state index is 0.0147. The Morgan fingerprint density at radius 3 is 2.37 bits per heavy atom. The molecule has 256 valence electrons. The van der Waals surface area contributed by atoms with Crippen LogP contribution in [0, 0.1) is 0 Å². The Morgan fingerprint density at radius 1 is 1.00 bits per heavy atom. The fourth-order valence-electron chi connectivity index (χ4n) is 6.75. The molecule has 2 aliphatic carbocycles. The average Bonchev–Trinajstić information content (AvgIpc) is 3.07. The van der Waals surface area contributed by atoms with E-state index >= 15 is 0 Å². The Morgan fingerprint density at radius 2 is 1.69 bits per heavy atom. The summed E-state index contributed by atoms with van der Waals surface area (Å²) in [6.45, 7) is 2.79. The van der Waals surface area contributed by atoms with E-state index in [2.05, 4.69) is 4.98 Å². The number of nitrogens with two attached hydrogens (primary N) is 1. The van der Waals surface area contributed by atoms with Crippen LogP contribution in [0.15, 0.2) is 54.7 Å². The molecule has 0 bridgehead atoms. The first kappa shape index (κ1) is 34.0. The predicted octanol–water partition coefficient (Wildman–Crippen LogP) is 2.97. The van der Waals surface area contributed by atoms with Crippen LogP contribution in [0.4, 0.5) is 0 Å². The second-order valence-corrected chi connectivity index (χ2v) is 12.5. The number of carbonyl (C=O) groups excluding carboxylic acids is 3.